The number of rotatable bonds is 10. The normalized spacial score (nSPS) is 10.9. The molecular weight excluding hydrogens is 400 g/mol. The molecule has 4 aromatic rings. The third kappa shape index (κ3) is 5.55. The second kappa shape index (κ2) is 12.0. The van der Waals surface area contributed by atoms with E-state index in [4.69, 9.17) is 0 Å². The van der Waals surface area contributed by atoms with Crippen LogP contribution in [0.5, 0.6) is 0 Å². The van der Waals surface area contributed by atoms with Crippen LogP contribution >= 0.6 is 0 Å². The molecule has 0 unspecified atom stereocenters. The van der Waals surface area contributed by atoms with Crippen molar-refractivity contribution >= 4 is 0 Å². The van der Waals surface area contributed by atoms with Gasteiger partial charge in [0.25, 0.3) is 0 Å². The summed E-state index contributed by atoms with van der Waals surface area (Å²) in [7, 11) is 0. The number of hydrogen-bond donors (Lipinski definition) is 0. The van der Waals surface area contributed by atoms with Crippen LogP contribution in [-0.2, 0) is 26.2 Å². The van der Waals surface area contributed by atoms with Gasteiger partial charge in [-0.3, -0.25) is 0 Å². The van der Waals surface area contributed by atoms with Crippen LogP contribution in [0.15, 0.2) is 49.6 Å². The van der Waals surface area contributed by atoms with Gasteiger partial charge in [0.1, 0.15) is 0 Å². The van der Waals surface area contributed by atoms with Crippen LogP contribution in [-0.4, -0.2) is 38.2 Å². The highest BCUT2D eigenvalue weighted by molar-refractivity contribution is 5.45. The number of hydrogen-bond acceptors (Lipinski definition) is 4. The van der Waals surface area contributed by atoms with Crippen molar-refractivity contribution in [3.05, 3.63) is 49.6 Å². The molecule has 4 aromatic heterocycles. The van der Waals surface area contributed by atoms with Gasteiger partial charge in [0.05, 0.1) is 0 Å². The molecule has 172 valence electrons. The first-order valence-electron chi connectivity index (χ1n) is 11.8. The Morgan fingerprint density at radius 1 is 0.438 bits per heavy atom. The average molecular weight is 437 g/mol. The maximum absolute atomic E-state index is 4.40. The Balaban J connectivity index is 0.000000181. The minimum atomic E-state index is 0.973. The van der Waals surface area contributed by atoms with Crippen LogP contribution in [0.25, 0.3) is 23.3 Å². The fraction of sp³-hybridized carbons (Fsp3) is 0.500. The number of aryl methyl sites for hydroxylation is 4. The summed E-state index contributed by atoms with van der Waals surface area (Å²) in [6.45, 7) is 12.7. The Labute approximate surface area is 191 Å². The van der Waals surface area contributed by atoms with Crippen LogP contribution in [0.2, 0.25) is 0 Å². The summed E-state index contributed by atoms with van der Waals surface area (Å²) >= 11 is 0. The Morgan fingerprint density at radius 3 is 0.844 bits per heavy atom. The van der Waals surface area contributed by atoms with Gasteiger partial charge in [0.2, 0.25) is 0 Å². The summed E-state index contributed by atoms with van der Waals surface area (Å²) in [6, 6.07) is 0. The maximum atomic E-state index is 4.40. The standard InChI is InChI=1S/2C12H18N4/c2*1-3-7-15-9-5-13-11(15)12-14-6-10-16(12)8-4-2/h2*5-6,9-10H,3-4,7-8H2,1-2H3. The fourth-order valence-electron chi connectivity index (χ4n) is 3.75. The molecule has 0 atom stereocenters. The predicted molar refractivity (Wildman–Crippen MR) is 128 cm³/mol. The van der Waals surface area contributed by atoms with E-state index in [0.29, 0.717) is 0 Å². The second-order valence-electron chi connectivity index (χ2n) is 7.78. The average Bonchev–Trinajstić information content (AvgIpc) is 3.57. The topological polar surface area (TPSA) is 71.3 Å². The first-order chi connectivity index (χ1) is 15.7. The van der Waals surface area contributed by atoms with E-state index in [-0.39, 0.29) is 0 Å². The van der Waals surface area contributed by atoms with Gasteiger partial charge in [-0.25, -0.2) is 19.9 Å². The molecule has 0 amide bonds. The zero-order valence-corrected chi connectivity index (χ0v) is 19.9. The lowest BCUT2D eigenvalue weighted by molar-refractivity contribution is 0.654. The molecule has 8 heteroatoms. The summed E-state index contributed by atoms with van der Waals surface area (Å²) in [5.41, 5.74) is 0. The van der Waals surface area contributed by atoms with Gasteiger partial charge in [0.15, 0.2) is 23.3 Å². The molecule has 0 bridgehead atoms. The van der Waals surface area contributed by atoms with Gasteiger partial charge in [0, 0.05) is 75.8 Å². The Hall–Kier alpha value is -3.16. The van der Waals surface area contributed by atoms with Crippen molar-refractivity contribution < 1.29 is 0 Å². The number of nitrogens with zero attached hydrogens (tertiary/aromatic N) is 8. The van der Waals surface area contributed by atoms with E-state index in [2.05, 4.69) is 65.9 Å². The summed E-state index contributed by atoms with van der Waals surface area (Å²) in [6.07, 6.45) is 19.9. The minimum Gasteiger partial charge on any atom is -0.328 e. The molecule has 8 nitrogen and oxygen atoms in total. The van der Waals surface area contributed by atoms with E-state index in [1.807, 2.05) is 49.6 Å². The van der Waals surface area contributed by atoms with Gasteiger partial charge in [-0.05, 0) is 25.7 Å². The largest absolute Gasteiger partial charge is 0.328 e. The zero-order valence-electron chi connectivity index (χ0n) is 19.9. The molecule has 0 aliphatic rings. The molecule has 0 fully saturated rings. The van der Waals surface area contributed by atoms with Crippen LogP contribution in [0.1, 0.15) is 53.4 Å². The lowest BCUT2D eigenvalue weighted by Gasteiger charge is -2.08. The number of imidazole rings is 4. The molecule has 0 radical (unpaired) electrons. The van der Waals surface area contributed by atoms with Crippen molar-refractivity contribution in [3.8, 4) is 23.3 Å². The van der Waals surface area contributed by atoms with E-state index < -0.39 is 0 Å². The van der Waals surface area contributed by atoms with Gasteiger partial charge in [-0.2, -0.15) is 0 Å². The third-order valence-electron chi connectivity index (χ3n) is 5.12. The van der Waals surface area contributed by atoms with Crippen LogP contribution in [0.3, 0.4) is 0 Å². The molecule has 0 aromatic carbocycles. The molecule has 0 saturated carbocycles. The molecule has 4 rings (SSSR count). The highest BCUT2D eigenvalue weighted by atomic mass is 15.2. The molecule has 32 heavy (non-hydrogen) atoms. The van der Waals surface area contributed by atoms with Crippen molar-refractivity contribution in [2.75, 3.05) is 0 Å². The van der Waals surface area contributed by atoms with Crippen molar-refractivity contribution in [1.82, 2.24) is 38.2 Å². The molecule has 0 aliphatic heterocycles. The molecule has 0 aliphatic carbocycles. The first kappa shape index (κ1) is 23.5. The summed E-state index contributed by atoms with van der Waals surface area (Å²) in [5.74, 6) is 3.89. The molecule has 0 N–H and O–H groups in total. The van der Waals surface area contributed by atoms with Gasteiger partial charge in [-0.15, -0.1) is 0 Å². The number of aromatic nitrogens is 8. The van der Waals surface area contributed by atoms with Crippen molar-refractivity contribution in [2.24, 2.45) is 0 Å². The van der Waals surface area contributed by atoms with Crippen molar-refractivity contribution in [3.63, 3.8) is 0 Å². The molecule has 0 spiro atoms. The predicted octanol–water partition coefficient (Wildman–Crippen LogP) is 5.13. The summed E-state index contributed by atoms with van der Waals surface area (Å²) in [5, 5.41) is 0. The quantitative estimate of drug-likeness (QED) is 0.345. The zero-order chi connectivity index (χ0) is 22.8. The van der Waals surface area contributed by atoms with E-state index in [1.54, 1.807) is 0 Å². The highest BCUT2D eigenvalue weighted by Gasteiger charge is 2.12. The van der Waals surface area contributed by atoms with E-state index in [0.717, 1.165) is 75.2 Å². The minimum absolute atomic E-state index is 0.973. The molecule has 0 saturated heterocycles. The summed E-state index contributed by atoms with van der Waals surface area (Å²) in [4.78, 5) is 17.6. The molecular formula is C24H36N8. The second-order valence-corrected chi connectivity index (χ2v) is 7.78. The third-order valence-corrected chi connectivity index (χ3v) is 5.12. The van der Waals surface area contributed by atoms with E-state index in [9.17, 15) is 0 Å². The maximum Gasteiger partial charge on any atom is 0.176 e. The fourth-order valence-corrected chi connectivity index (χ4v) is 3.75. The van der Waals surface area contributed by atoms with Crippen LogP contribution in [0, 0.1) is 0 Å². The summed E-state index contributed by atoms with van der Waals surface area (Å²) < 4.78 is 8.64. The lowest BCUT2D eigenvalue weighted by Crippen LogP contribution is -2.05. The van der Waals surface area contributed by atoms with Gasteiger partial charge >= 0.3 is 0 Å². The lowest BCUT2D eigenvalue weighted by atomic mass is 10.4. The van der Waals surface area contributed by atoms with Gasteiger partial charge < -0.3 is 18.3 Å². The Kier molecular flexibility index (Phi) is 8.83. The van der Waals surface area contributed by atoms with E-state index >= 15 is 0 Å². The van der Waals surface area contributed by atoms with Crippen LogP contribution < -0.4 is 0 Å². The van der Waals surface area contributed by atoms with Crippen molar-refractivity contribution in [1.29, 1.82) is 0 Å². The smallest absolute Gasteiger partial charge is 0.176 e. The van der Waals surface area contributed by atoms with Crippen molar-refractivity contribution in [2.45, 2.75) is 79.6 Å². The first-order valence-corrected chi connectivity index (χ1v) is 11.8. The monoisotopic (exact) mass is 436 g/mol. The van der Waals surface area contributed by atoms with E-state index in [1.165, 1.54) is 0 Å². The van der Waals surface area contributed by atoms with Crippen LogP contribution in [0.4, 0.5) is 0 Å². The molecule has 4 heterocycles. The van der Waals surface area contributed by atoms with Gasteiger partial charge in [-0.1, -0.05) is 27.7 Å². The SMILES string of the molecule is CCCn1ccnc1-c1nccn1CCC.CCCn1ccnc1-c1nccn1CCC. The Bertz CT molecular complexity index is 883. The Morgan fingerprint density at radius 2 is 0.656 bits per heavy atom. The highest BCUT2D eigenvalue weighted by Crippen LogP contribution is 2.17.